The number of aryl methyl sites for hydroxylation is 3. The maximum absolute atomic E-state index is 14.1. The summed E-state index contributed by atoms with van der Waals surface area (Å²) in [4.78, 5) is 28.1. The Bertz CT molecular complexity index is 1610. The summed E-state index contributed by atoms with van der Waals surface area (Å²) in [6, 6.07) is 42.4. The minimum atomic E-state index is -6.00. The average Bonchev–Trinajstić information content (AvgIpc) is 3.04. The van der Waals surface area contributed by atoms with Gasteiger partial charge in [-0.2, -0.15) is 0 Å². The molecule has 0 atom stereocenters. The average molecular weight is 689 g/mol. The molecule has 0 spiro atoms. The van der Waals surface area contributed by atoms with Crippen molar-refractivity contribution in [1.29, 1.82) is 0 Å². The van der Waals surface area contributed by atoms with Gasteiger partial charge < -0.3 is 0 Å². The molecule has 5 rings (SSSR count). The molecule has 220 valence electrons. The summed E-state index contributed by atoms with van der Waals surface area (Å²) in [6.07, 6.45) is 6.24. The Labute approximate surface area is 261 Å². The summed E-state index contributed by atoms with van der Waals surface area (Å²) in [7, 11) is 0. The van der Waals surface area contributed by atoms with Gasteiger partial charge in [-0.3, -0.25) is 0 Å². The number of hydrogen-bond acceptors (Lipinski definition) is 4. The molecule has 5 aromatic rings. The molecule has 0 fully saturated rings. The summed E-state index contributed by atoms with van der Waals surface area (Å²) in [5.41, 5.74) is 4.78. The van der Waals surface area contributed by atoms with Crippen LogP contribution in [0, 0.1) is 20.8 Å². The van der Waals surface area contributed by atoms with Crippen LogP contribution in [-0.2, 0) is 15.6 Å². The predicted molar refractivity (Wildman–Crippen MR) is 181 cm³/mol. The van der Waals surface area contributed by atoms with Gasteiger partial charge in [-0.05, 0) is 0 Å². The molecular formula is C39H35O4Sb. The Morgan fingerprint density at radius 2 is 0.750 bits per heavy atom. The maximum atomic E-state index is 14.1. The summed E-state index contributed by atoms with van der Waals surface area (Å²) in [6.45, 7) is 5.98. The molecule has 0 aromatic heterocycles. The standard InChI is InChI=1S/2C9H8O2.3C7H7.Sb/c2*10-9(11)7-6-8-4-2-1-3-5-8;3*1-7-5-3-2-4-6-7;/h2*1-7H,(H,10,11);3*3-6H,1H3;/q;;;;;+2/p-2. The van der Waals surface area contributed by atoms with E-state index in [1.807, 2.05) is 154 Å². The molecule has 0 radical (unpaired) electrons. The summed E-state index contributed by atoms with van der Waals surface area (Å²) in [5, 5.41) is 0. The minimum absolute atomic E-state index is 0.600. The van der Waals surface area contributed by atoms with Crippen molar-refractivity contribution in [2.24, 2.45) is 0 Å². The quantitative estimate of drug-likeness (QED) is 0.130. The van der Waals surface area contributed by atoms with Crippen LogP contribution in [-0.4, -0.2) is 30.2 Å². The van der Waals surface area contributed by atoms with Crippen molar-refractivity contribution in [2.45, 2.75) is 20.8 Å². The van der Waals surface area contributed by atoms with E-state index in [9.17, 15) is 9.59 Å². The molecule has 0 saturated carbocycles. The van der Waals surface area contributed by atoms with Gasteiger partial charge in [-0.1, -0.05) is 0 Å². The third kappa shape index (κ3) is 6.46. The van der Waals surface area contributed by atoms with Crippen LogP contribution in [0.1, 0.15) is 27.8 Å². The Morgan fingerprint density at radius 1 is 0.455 bits per heavy atom. The van der Waals surface area contributed by atoms with Crippen LogP contribution < -0.4 is 10.5 Å². The SMILES string of the molecule is Cc1cc[c]([Sb]([O]C(=O)C=Cc2ccccc2)([O]C(=O)C=Cc2ccccc2)([c]2ccc(C)cc2)[c]2ccc(C)cc2)cc1. The molecule has 0 saturated heterocycles. The molecule has 0 amide bonds. The van der Waals surface area contributed by atoms with Gasteiger partial charge in [0, 0.05) is 0 Å². The molecule has 0 unspecified atom stereocenters. The molecule has 5 aromatic carbocycles. The van der Waals surface area contributed by atoms with Crippen molar-refractivity contribution in [2.75, 3.05) is 0 Å². The number of carbonyl (C=O) groups excluding carboxylic acids is 2. The van der Waals surface area contributed by atoms with Crippen LogP contribution in [0.25, 0.3) is 12.2 Å². The first kappa shape index (κ1) is 30.8. The van der Waals surface area contributed by atoms with Gasteiger partial charge in [-0.25, -0.2) is 0 Å². The van der Waals surface area contributed by atoms with Gasteiger partial charge >= 0.3 is 263 Å². The summed E-state index contributed by atoms with van der Waals surface area (Å²) < 4.78 is 15.7. The van der Waals surface area contributed by atoms with E-state index in [1.165, 1.54) is 12.2 Å². The Balaban J connectivity index is 1.79. The number of hydrogen-bond donors (Lipinski definition) is 0. The summed E-state index contributed by atoms with van der Waals surface area (Å²) >= 11 is -6.00. The van der Waals surface area contributed by atoms with Crippen LogP contribution in [0.3, 0.4) is 0 Å². The van der Waals surface area contributed by atoms with Crippen LogP contribution in [0.2, 0.25) is 0 Å². The predicted octanol–water partition coefficient (Wildman–Crippen LogP) is 6.54. The zero-order valence-electron chi connectivity index (χ0n) is 25.1. The van der Waals surface area contributed by atoms with Crippen LogP contribution in [0.15, 0.2) is 146 Å². The first-order valence-electron chi connectivity index (χ1n) is 14.5. The second kappa shape index (κ2) is 13.3. The Kier molecular flexibility index (Phi) is 9.32. The third-order valence-corrected chi connectivity index (χ3v) is 21.1. The van der Waals surface area contributed by atoms with E-state index >= 15 is 0 Å². The van der Waals surface area contributed by atoms with E-state index in [-0.39, 0.29) is 0 Å². The van der Waals surface area contributed by atoms with E-state index in [2.05, 4.69) is 0 Å². The molecule has 0 bridgehead atoms. The first-order valence-corrected chi connectivity index (χ1v) is 20.4. The van der Waals surface area contributed by atoms with Crippen molar-refractivity contribution < 1.29 is 15.6 Å². The normalized spacial score (nSPS) is 12.5. The number of benzene rings is 5. The fourth-order valence-corrected chi connectivity index (χ4v) is 17.8. The fourth-order valence-electron chi connectivity index (χ4n) is 5.09. The molecule has 0 aliphatic carbocycles. The zero-order valence-corrected chi connectivity index (χ0v) is 27.6. The van der Waals surface area contributed by atoms with E-state index in [0.29, 0.717) is 10.5 Å². The van der Waals surface area contributed by atoms with Crippen LogP contribution >= 0.6 is 0 Å². The van der Waals surface area contributed by atoms with E-state index < -0.39 is 30.2 Å². The Morgan fingerprint density at radius 3 is 1.05 bits per heavy atom. The number of rotatable bonds is 9. The van der Waals surface area contributed by atoms with Gasteiger partial charge in [0.2, 0.25) is 0 Å². The van der Waals surface area contributed by atoms with Crippen molar-refractivity contribution in [1.82, 2.24) is 0 Å². The van der Waals surface area contributed by atoms with E-state index in [4.69, 9.17) is 6.03 Å². The van der Waals surface area contributed by atoms with Crippen molar-refractivity contribution in [3.05, 3.63) is 173 Å². The monoisotopic (exact) mass is 688 g/mol. The van der Waals surface area contributed by atoms with Crippen molar-refractivity contribution in [3.8, 4) is 0 Å². The molecule has 0 heterocycles. The van der Waals surface area contributed by atoms with Gasteiger partial charge in [0.05, 0.1) is 0 Å². The van der Waals surface area contributed by atoms with Crippen LogP contribution in [0.5, 0.6) is 0 Å². The molecule has 5 heteroatoms. The molecular weight excluding hydrogens is 654 g/mol. The Hall–Kier alpha value is -4.66. The zero-order chi connectivity index (χ0) is 31.0. The van der Waals surface area contributed by atoms with Gasteiger partial charge in [0.25, 0.3) is 0 Å². The van der Waals surface area contributed by atoms with E-state index in [1.54, 1.807) is 12.2 Å². The van der Waals surface area contributed by atoms with Gasteiger partial charge in [-0.15, -0.1) is 0 Å². The second-order valence-electron chi connectivity index (χ2n) is 10.8. The van der Waals surface area contributed by atoms with Crippen molar-refractivity contribution in [3.63, 3.8) is 0 Å². The summed E-state index contributed by atoms with van der Waals surface area (Å²) in [5.74, 6) is -1.20. The first-order chi connectivity index (χ1) is 21.3. The molecule has 0 aliphatic rings. The molecule has 44 heavy (non-hydrogen) atoms. The number of carbonyl (C=O) groups is 2. The van der Waals surface area contributed by atoms with Crippen molar-refractivity contribution >= 4 is 52.9 Å². The van der Waals surface area contributed by atoms with Crippen LogP contribution in [0.4, 0.5) is 0 Å². The third-order valence-electron chi connectivity index (χ3n) is 7.46. The molecule has 0 N–H and O–H groups in total. The topological polar surface area (TPSA) is 52.6 Å². The second-order valence-corrected chi connectivity index (χ2v) is 21.7. The van der Waals surface area contributed by atoms with E-state index in [0.717, 1.165) is 27.8 Å². The van der Waals surface area contributed by atoms with Gasteiger partial charge in [0.1, 0.15) is 0 Å². The molecule has 4 nitrogen and oxygen atoms in total. The van der Waals surface area contributed by atoms with Gasteiger partial charge in [0.15, 0.2) is 0 Å². The molecule has 0 aliphatic heterocycles. The fraction of sp³-hybridized carbons (Fsp3) is 0.0769.